The fraction of sp³-hybridized carbons (Fsp3) is 0.118. The van der Waals surface area contributed by atoms with Crippen LogP contribution in [0.5, 0.6) is 5.75 Å². The molecule has 3 rings (SSSR count). The first-order valence-electron chi connectivity index (χ1n) is 7.19. The third-order valence-electron chi connectivity index (χ3n) is 3.14. The molecule has 0 bridgehead atoms. The van der Waals surface area contributed by atoms with E-state index in [0.29, 0.717) is 16.5 Å². The smallest absolute Gasteiger partial charge is 0.277 e. The Kier molecular flexibility index (Phi) is 5.08. The minimum Gasteiger partial charge on any atom is -0.484 e. The summed E-state index contributed by atoms with van der Waals surface area (Å²) in [6.45, 7) is 1.68. The maximum atomic E-state index is 11.8. The van der Waals surface area contributed by atoms with Gasteiger partial charge in [-0.15, -0.1) is 11.3 Å². The molecule has 1 aromatic heterocycles. The first kappa shape index (κ1) is 16.4. The van der Waals surface area contributed by atoms with Crippen LogP contribution in [0.3, 0.4) is 0 Å². The number of benzene rings is 2. The molecule has 1 N–H and O–H groups in total. The topological polar surface area (TPSA) is 63.6 Å². The van der Waals surface area contributed by atoms with Gasteiger partial charge in [-0.2, -0.15) is 5.10 Å². The largest absolute Gasteiger partial charge is 0.484 e. The number of fused-ring (bicyclic) bond motifs is 1. The Morgan fingerprint density at radius 1 is 1.25 bits per heavy atom. The summed E-state index contributed by atoms with van der Waals surface area (Å²) in [5.41, 5.74) is 4.04. The number of halogens is 1. The van der Waals surface area contributed by atoms with Gasteiger partial charge < -0.3 is 4.74 Å². The Balaban J connectivity index is 1.57. The molecule has 0 saturated carbocycles. The quantitative estimate of drug-likeness (QED) is 0.555. The van der Waals surface area contributed by atoms with Gasteiger partial charge in [-0.1, -0.05) is 23.7 Å². The molecule has 2 aromatic carbocycles. The van der Waals surface area contributed by atoms with Crippen molar-refractivity contribution in [1.82, 2.24) is 10.4 Å². The zero-order chi connectivity index (χ0) is 16.9. The Bertz CT molecular complexity index is 857. The molecule has 0 spiro atoms. The van der Waals surface area contributed by atoms with Gasteiger partial charge >= 0.3 is 0 Å². The Hall–Kier alpha value is -2.44. The molecule has 5 nitrogen and oxygen atoms in total. The number of aromatic nitrogens is 1. The third-order valence-corrected chi connectivity index (χ3v) is 4.53. The van der Waals surface area contributed by atoms with E-state index in [0.717, 1.165) is 15.2 Å². The molecule has 0 radical (unpaired) electrons. The first-order chi connectivity index (χ1) is 11.6. The van der Waals surface area contributed by atoms with E-state index in [1.54, 1.807) is 31.2 Å². The highest BCUT2D eigenvalue weighted by Crippen LogP contribution is 2.21. The summed E-state index contributed by atoms with van der Waals surface area (Å²) < 4.78 is 6.44. The van der Waals surface area contributed by atoms with Crippen molar-refractivity contribution >= 4 is 44.8 Å². The molecule has 0 atom stereocenters. The van der Waals surface area contributed by atoms with Crippen molar-refractivity contribution in [3.63, 3.8) is 0 Å². The van der Waals surface area contributed by atoms with Crippen molar-refractivity contribution in [2.45, 2.75) is 6.92 Å². The third kappa shape index (κ3) is 4.10. The number of thiazole rings is 1. The minimum absolute atomic E-state index is 0.127. The van der Waals surface area contributed by atoms with E-state index in [4.69, 9.17) is 16.3 Å². The highest BCUT2D eigenvalue weighted by molar-refractivity contribution is 7.20. The Morgan fingerprint density at radius 2 is 2.00 bits per heavy atom. The van der Waals surface area contributed by atoms with Crippen LogP contribution in [0.2, 0.25) is 5.02 Å². The summed E-state index contributed by atoms with van der Waals surface area (Å²) in [7, 11) is 0. The zero-order valence-corrected chi connectivity index (χ0v) is 14.4. The molecule has 0 unspecified atom stereocenters. The van der Waals surface area contributed by atoms with E-state index in [1.807, 2.05) is 24.3 Å². The SMILES string of the molecule is C/C(=N/NC(=O)COc1ccc(Cl)cc1)c1nc2ccccc2s1. The summed E-state index contributed by atoms with van der Waals surface area (Å²) in [4.78, 5) is 16.3. The van der Waals surface area contributed by atoms with E-state index in [9.17, 15) is 4.79 Å². The number of para-hydroxylation sites is 1. The summed E-state index contributed by atoms with van der Waals surface area (Å²) in [6.07, 6.45) is 0. The maximum Gasteiger partial charge on any atom is 0.277 e. The van der Waals surface area contributed by atoms with Gasteiger partial charge in [-0.25, -0.2) is 10.4 Å². The lowest BCUT2D eigenvalue weighted by Crippen LogP contribution is -2.25. The van der Waals surface area contributed by atoms with Gasteiger partial charge in [-0.05, 0) is 43.3 Å². The van der Waals surface area contributed by atoms with Gasteiger partial charge in [0.05, 0.1) is 15.9 Å². The van der Waals surface area contributed by atoms with E-state index >= 15 is 0 Å². The first-order valence-corrected chi connectivity index (χ1v) is 8.39. The molecule has 0 aliphatic rings. The van der Waals surface area contributed by atoms with Crippen LogP contribution in [0.25, 0.3) is 10.2 Å². The lowest BCUT2D eigenvalue weighted by molar-refractivity contribution is -0.123. The van der Waals surface area contributed by atoms with Gasteiger partial charge in [0.15, 0.2) is 6.61 Å². The normalized spacial score (nSPS) is 11.5. The molecular formula is C17H14ClN3O2S. The summed E-state index contributed by atoms with van der Waals surface area (Å²) in [6, 6.07) is 14.6. The van der Waals surface area contributed by atoms with Crippen molar-refractivity contribution in [2.75, 3.05) is 6.61 Å². The standard InChI is InChI=1S/C17H14ClN3O2S/c1-11(17-19-14-4-2-3-5-15(14)24-17)20-21-16(22)10-23-13-8-6-12(18)7-9-13/h2-9H,10H2,1H3,(H,21,22)/b20-11-. The van der Waals surface area contributed by atoms with Crippen LogP contribution in [-0.2, 0) is 4.79 Å². The zero-order valence-electron chi connectivity index (χ0n) is 12.8. The molecule has 122 valence electrons. The van der Waals surface area contributed by atoms with Gasteiger partial charge in [0.2, 0.25) is 0 Å². The van der Waals surface area contributed by atoms with E-state index in [1.165, 1.54) is 11.3 Å². The average Bonchev–Trinajstić information content (AvgIpc) is 3.03. The van der Waals surface area contributed by atoms with E-state index < -0.39 is 0 Å². The number of carbonyl (C=O) groups is 1. The Morgan fingerprint density at radius 3 is 2.75 bits per heavy atom. The highest BCUT2D eigenvalue weighted by atomic mass is 35.5. The summed E-state index contributed by atoms with van der Waals surface area (Å²) in [5, 5.41) is 5.47. The second kappa shape index (κ2) is 7.42. The number of carbonyl (C=O) groups excluding carboxylic acids is 1. The number of amides is 1. The molecule has 0 aliphatic heterocycles. The molecule has 1 amide bonds. The molecule has 0 saturated heterocycles. The molecule has 24 heavy (non-hydrogen) atoms. The highest BCUT2D eigenvalue weighted by Gasteiger charge is 2.07. The maximum absolute atomic E-state index is 11.8. The van der Waals surface area contributed by atoms with Crippen LogP contribution >= 0.6 is 22.9 Å². The number of rotatable bonds is 5. The van der Waals surface area contributed by atoms with E-state index in [2.05, 4.69) is 15.5 Å². The van der Waals surface area contributed by atoms with Crippen LogP contribution in [0, 0.1) is 0 Å². The van der Waals surface area contributed by atoms with Gasteiger partial charge in [0.1, 0.15) is 10.8 Å². The van der Waals surface area contributed by atoms with Crippen LogP contribution in [0.4, 0.5) is 0 Å². The number of hydrazone groups is 1. The van der Waals surface area contributed by atoms with Crippen molar-refractivity contribution in [3.05, 3.63) is 58.6 Å². The second-order valence-corrected chi connectivity index (χ2v) is 6.43. The number of nitrogens with zero attached hydrogens (tertiary/aromatic N) is 2. The van der Waals surface area contributed by atoms with Crippen LogP contribution < -0.4 is 10.2 Å². The van der Waals surface area contributed by atoms with Crippen LogP contribution in [0.1, 0.15) is 11.9 Å². The number of nitrogens with one attached hydrogen (secondary N) is 1. The van der Waals surface area contributed by atoms with Crippen LogP contribution in [-0.4, -0.2) is 23.2 Å². The van der Waals surface area contributed by atoms with E-state index in [-0.39, 0.29) is 12.5 Å². The fourth-order valence-corrected chi connectivity index (χ4v) is 2.97. The van der Waals surface area contributed by atoms with Gasteiger partial charge in [-0.3, -0.25) is 4.79 Å². The molecule has 3 aromatic rings. The predicted octanol–water partition coefficient (Wildman–Crippen LogP) is 3.87. The lowest BCUT2D eigenvalue weighted by atomic mass is 10.3. The average molecular weight is 360 g/mol. The molecule has 1 heterocycles. The lowest BCUT2D eigenvalue weighted by Gasteiger charge is -2.05. The number of ether oxygens (including phenoxy) is 1. The number of hydrogen-bond donors (Lipinski definition) is 1. The molecular weight excluding hydrogens is 346 g/mol. The van der Waals surface area contributed by atoms with Gasteiger partial charge in [0, 0.05) is 5.02 Å². The van der Waals surface area contributed by atoms with Crippen LogP contribution in [0.15, 0.2) is 53.6 Å². The fourth-order valence-electron chi connectivity index (χ4n) is 1.93. The second-order valence-electron chi connectivity index (χ2n) is 4.96. The van der Waals surface area contributed by atoms with Crippen molar-refractivity contribution in [2.24, 2.45) is 5.10 Å². The molecule has 0 fully saturated rings. The monoisotopic (exact) mass is 359 g/mol. The Labute approximate surface area is 147 Å². The molecule has 0 aliphatic carbocycles. The summed E-state index contributed by atoms with van der Waals surface area (Å²) >= 11 is 7.32. The minimum atomic E-state index is -0.342. The molecule has 7 heteroatoms. The van der Waals surface area contributed by atoms with Crippen molar-refractivity contribution < 1.29 is 9.53 Å². The number of hydrogen-bond acceptors (Lipinski definition) is 5. The van der Waals surface area contributed by atoms with Gasteiger partial charge in [0.25, 0.3) is 5.91 Å². The predicted molar refractivity (Wildman–Crippen MR) is 96.9 cm³/mol. The van der Waals surface area contributed by atoms with Crippen molar-refractivity contribution in [3.8, 4) is 5.75 Å². The summed E-state index contributed by atoms with van der Waals surface area (Å²) in [5.74, 6) is 0.229. The van der Waals surface area contributed by atoms with Crippen molar-refractivity contribution in [1.29, 1.82) is 0 Å².